The Bertz CT molecular complexity index is 256. The molecule has 2 nitrogen and oxygen atoms in total. The maximum absolute atomic E-state index is 6.06. The van der Waals surface area contributed by atoms with Crippen molar-refractivity contribution in [3.05, 3.63) is 0 Å². The molecule has 0 aromatic carbocycles. The van der Waals surface area contributed by atoms with Gasteiger partial charge in [-0.25, -0.2) is 0 Å². The van der Waals surface area contributed by atoms with Crippen LogP contribution in [-0.2, 0) is 4.74 Å². The number of rotatable bonds is 6. The Kier molecular flexibility index (Phi) is 6.15. The smallest absolute Gasteiger partial charge is 0.0583 e. The fourth-order valence-corrected chi connectivity index (χ4v) is 4.22. The van der Waals surface area contributed by atoms with Gasteiger partial charge in [-0.15, -0.1) is 0 Å². The van der Waals surface area contributed by atoms with Crippen molar-refractivity contribution in [1.82, 2.24) is 5.32 Å². The zero-order chi connectivity index (χ0) is 13.7. The number of nitrogens with one attached hydrogen (secondary N) is 1. The third-order valence-corrected chi connectivity index (χ3v) is 5.14. The first kappa shape index (κ1) is 15.3. The summed E-state index contributed by atoms with van der Waals surface area (Å²) >= 11 is 0. The van der Waals surface area contributed by atoms with Crippen LogP contribution < -0.4 is 5.32 Å². The lowest BCUT2D eigenvalue weighted by molar-refractivity contribution is 0.0278. The quantitative estimate of drug-likeness (QED) is 0.781. The van der Waals surface area contributed by atoms with E-state index in [1.54, 1.807) is 0 Å². The summed E-state index contributed by atoms with van der Waals surface area (Å²) in [6.45, 7) is 7.90. The average Bonchev–Trinajstić information content (AvgIpc) is 2.79. The fourth-order valence-electron chi connectivity index (χ4n) is 4.22. The first-order valence-electron chi connectivity index (χ1n) is 8.61. The second-order valence-corrected chi connectivity index (χ2v) is 6.77. The predicted molar refractivity (Wildman–Crippen MR) is 81.4 cm³/mol. The molecule has 0 aromatic heterocycles. The largest absolute Gasteiger partial charge is 0.375 e. The fraction of sp³-hybridized carbons (Fsp3) is 1.00. The van der Waals surface area contributed by atoms with E-state index < -0.39 is 0 Å². The molecule has 0 bridgehead atoms. The van der Waals surface area contributed by atoms with Crippen LogP contribution in [0.25, 0.3) is 0 Å². The van der Waals surface area contributed by atoms with Crippen LogP contribution in [0, 0.1) is 11.8 Å². The maximum Gasteiger partial charge on any atom is 0.0583 e. The molecule has 1 N–H and O–H groups in total. The molecule has 112 valence electrons. The van der Waals surface area contributed by atoms with Gasteiger partial charge in [-0.1, -0.05) is 26.7 Å². The molecule has 1 aliphatic carbocycles. The van der Waals surface area contributed by atoms with Crippen LogP contribution in [0.4, 0.5) is 0 Å². The zero-order valence-corrected chi connectivity index (χ0v) is 13.2. The van der Waals surface area contributed by atoms with Crippen LogP contribution in [0.15, 0.2) is 0 Å². The minimum Gasteiger partial charge on any atom is -0.375 e. The van der Waals surface area contributed by atoms with E-state index in [0.717, 1.165) is 24.4 Å². The first-order valence-corrected chi connectivity index (χ1v) is 8.61. The van der Waals surface area contributed by atoms with Crippen LogP contribution in [0.3, 0.4) is 0 Å². The lowest BCUT2D eigenvalue weighted by atomic mass is 9.74. The van der Waals surface area contributed by atoms with Gasteiger partial charge in [0.25, 0.3) is 0 Å². The topological polar surface area (TPSA) is 21.3 Å². The Morgan fingerprint density at radius 1 is 1.11 bits per heavy atom. The minimum absolute atomic E-state index is 0.498. The summed E-state index contributed by atoms with van der Waals surface area (Å²) in [7, 11) is 0. The molecule has 0 radical (unpaired) electrons. The van der Waals surface area contributed by atoms with Crippen LogP contribution in [0.5, 0.6) is 0 Å². The van der Waals surface area contributed by atoms with Gasteiger partial charge in [0, 0.05) is 6.04 Å². The van der Waals surface area contributed by atoms with E-state index in [1.807, 2.05) is 0 Å². The molecule has 1 saturated heterocycles. The summed E-state index contributed by atoms with van der Waals surface area (Å²) in [6, 6.07) is 0.748. The average molecular weight is 267 g/mol. The van der Waals surface area contributed by atoms with Crippen molar-refractivity contribution in [1.29, 1.82) is 0 Å². The molecular weight excluding hydrogens is 234 g/mol. The van der Waals surface area contributed by atoms with Gasteiger partial charge in [0.2, 0.25) is 0 Å². The normalized spacial score (nSPS) is 39.6. The Labute approximate surface area is 119 Å². The van der Waals surface area contributed by atoms with Crippen LogP contribution in [-0.4, -0.2) is 24.8 Å². The summed E-state index contributed by atoms with van der Waals surface area (Å²) in [5, 5.41) is 3.73. The number of ether oxygens (including phenoxy) is 1. The lowest BCUT2D eigenvalue weighted by Crippen LogP contribution is -2.42. The summed E-state index contributed by atoms with van der Waals surface area (Å²) in [5.74, 6) is 1.82. The minimum atomic E-state index is 0.498. The van der Waals surface area contributed by atoms with E-state index in [-0.39, 0.29) is 0 Å². The molecule has 1 aliphatic heterocycles. The van der Waals surface area contributed by atoms with Crippen molar-refractivity contribution >= 4 is 0 Å². The lowest BCUT2D eigenvalue weighted by Gasteiger charge is -2.38. The molecule has 2 heteroatoms. The molecule has 1 saturated carbocycles. The molecule has 2 aliphatic rings. The number of hydrogen-bond donors (Lipinski definition) is 1. The molecule has 2 rings (SSSR count). The van der Waals surface area contributed by atoms with Gasteiger partial charge in [0.1, 0.15) is 0 Å². The Morgan fingerprint density at radius 3 is 2.58 bits per heavy atom. The molecular formula is C17H33NO. The Hall–Kier alpha value is -0.0800. The van der Waals surface area contributed by atoms with Gasteiger partial charge in [-0.2, -0.15) is 0 Å². The summed E-state index contributed by atoms with van der Waals surface area (Å²) < 4.78 is 6.06. The third-order valence-electron chi connectivity index (χ3n) is 5.14. The van der Waals surface area contributed by atoms with E-state index in [4.69, 9.17) is 4.74 Å². The highest BCUT2D eigenvalue weighted by molar-refractivity contribution is 4.87. The van der Waals surface area contributed by atoms with Crippen molar-refractivity contribution in [3.8, 4) is 0 Å². The molecule has 5 unspecified atom stereocenters. The highest BCUT2D eigenvalue weighted by Gasteiger charge is 2.33. The van der Waals surface area contributed by atoms with Gasteiger partial charge in [-0.3, -0.25) is 0 Å². The summed E-state index contributed by atoms with van der Waals surface area (Å²) in [4.78, 5) is 0. The highest BCUT2D eigenvalue weighted by atomic mass is 16.5. The molecule has 0 spiro atoms. The van der Waals surface area contributed by atoms with Crippen molar-refractivity contribution < 1.29 is 4.74 Å². The van der Waals surface area contributed by atoms with E-state index in [1.165, 1.54) is 51.4 Å². The summed E-state index contributed by atoms with van der Waals surface area (Å²) in [6.07, 6.45) is 11.9. The third kappa shape index (κ3) is 4.46. The molecule has 19 heavy (non-hydrogen) atoms. The first-order chi connectivity index (χ1) is 9.22. The van der Waals surface area contributed by atoms with Crippen LogP contribution in [0.2, 0.25) is 0 Å². The van der Waals surface area contributed by atoms with Gasteiger partial charge in [0.15, 0.2) is 0 Å². The highest BCUT2D eigenvalue weighted by Crippen LogP contribution is 2.37. The van der Waals surface area contributed by atoms with Crippen molar-refractivity contribution in [2.24, 2.45) is 11.8 Å². The van der Waals surface area contributed by atoms with E-state index in [9.17, 15) is 0 Å². The van der Waals surface area contributed by atoms with Gasteiger partial charge >= 0.3 is 0 Å². The van der Waals surface area contributed by atoms with Crippen LogP contribution in [0.1, 0.15) is 72.1 Å². The SMILES string of the molecule is CCCC1CCC(NCC)C(CC2CCC(C)O2)C1. The molecule has 0 aromatic rings. The monoisotopic (exact) mass is 267 g/mol. The van der Waals surface area contributed by atoms with Crippen molar-refractivity contribution in [3.63, 3.8) is 0 Å². The summed E-state index contributed by atoms with van der Waals surface area (Å²) in [5.41, 5.74) is 0. The second-order valence-electron chi connectivity index (χ2n) is 6.77. The standard InChI is InChI=1S/C17H33NO/c1-4-6-14-8-10-17(18-5-2)15(11-14)12-16-9-7-13(3)19-16/h13-18H,4-12H2,1-3H3. The van der Waals surface area contributed by atoms with Gasteiger partial charge < -0.3 is 10.1 Å². The predicted octanol–water partition coefficient (Wildman–Crippen LogP) is 4.14. The van der Waals surface area contributed by atoms with Crippen molar-refractivity contribution in [2.75, 3.05) is 6.54 Å². The zero-order valence-electron chi connectivity index (χ0n) is 13.2. The second kappa shape index (κ2) is 7.64. The van der Waals surface area contributed by atoms with Crippen molar-refractivity contribution in [2.45, 2.75) is 90.4 Å². The van der Waals surface area contributed by atoms with E-state index in [0.29, 0.717) is 12.2 Å². The number of hydrogen-bond acceptors (Lipinski definition) is 2. The van der Waals surface area contributed by atoms with Gasteiger partial charge in [-0.05, 0) is 63.8 Å². The van der Waals surface area contributed by atoms with Crippen LogP contribution >= 0.6 is 0 Å². The maximum atomic E-state index is 6.06. The Morgan fingerprint density at radius 2 is 1.95 bits per heavy atom. The molecule has 2 fully saturated rings. The Balaban J connectivity index is 1.87. The van der Waals surface area contributed by atoms with E-state index in [2.05, 4.69) is 26.1 Å². The molecule has 0 amide bonds. The molecule has 5 atom stereocenters. The van der Waals surface area contributed by atoms with E-state index >= 15 is 0 Å². The molecule has 1 heterocycles. The van der Waals surface area contributed by atoms with Gasteiger partial charge in [0.05, 0.1) is 12.2 Å².